The monoisotopic (exact) mass is 213 g/mol. The summed E-state index contributed by atoms with van der Waals surface area (Å²) in [6, 6.07) is 0. The quantitative estimate of drug-likeness (QED) is 0.479. The maximum absolute atomic E-state index is 10.7. The van der Waals surface area contributed by atoms with E-state index in [2.05, 4.69) is 13.8 Å². The maximum Gasteiger partial charge on any atom is 0.232 e. The number of rotatable bonds is 4. The first kappa shape index (κ1) is 15.8. The number of nitrogens with one attached hydrogen (secondary N) is 2. The number of allylic oxidation sites excluding steroid dienone is 1. The molecule has 2 amide bonds. The minimum atomic E-state index is -0.469. The van der Waals surface area contributed by atoms with Gasteiger partial charge in [0.1, 0.15) is 0 Å². The summed E-state index contributed by atoms with van der Waals surface area (Å²) in [5.41, 5.74) is 6.23. The highest BCUT2D eigenvalue weighted by Gasteiger charge is 2.02. The molecule has 0 bridgehead atoms. The molecule has 0 heterocycles. The zero-order valence-electron chi connectivity index (χ0n) is 9.46. The van der Waals surface area contributed by atoms with E-state index in [4.69, 9.17) is 11.1 Å². The summed E-state index contributed by atoms with van der Waals surface area (Å²) in [7, 11) is 0. The van der Waals surface area contributed by atoms with Crippen molar-refractivity contribution >= 4 is 18.5 Å². The molecule has 0 atom stereocenters. The molecule has 0 aromatic rings. The largest absolute Gasteiger partial charge is 0.401 e. The van der Waals surface area contributed by atoms with Gasteiger partial charge >= 0.3 is 0 Å². The lowest BCUT2D eigenvalue weighted by Gasteiger charge is -2.00. The van der Waals surface area contributed by atoms with Crippen LogP contribution in [0.25, 0.3) is 0 Å². The number of amides is 2. The van der Waals surface area contributed by atoms with Crippen molar-refractivity contribution in [3.63, 3.8) is 0 Å². The van der Waals surface area contributed by atoms with Gasteiger partial charge in [-0.3, -0.25) is 14.9 Å². The minimum Gasteiger partial charge on any atom is -0.401 e. The number of hydrogen-bond donors (Lipinski definition) is 3. The van der Waals surface area contributed by atoms with Crippen molar-refractivity contribution in [1.82, 2.24) is 5.32 Å². The van der Waals surface area contributed by atoms with E-state index in [0.29, 0.717) is 17.7 Å². The molecule has 0 fully saturated rings. The second kappa shape index (κ2) is 10.4. The number of imide groups is 1. The van der Waals surface area contributed by atoms with Crippen molar-refractivity contribution in [3.05, 3.63) is 11.3 Å². The van der Waals surface area contributed by atoms with Gasteiger partial charge in [-0.1, -0.05) is 20.3 Å². The van der Waals surface area contributed by atoms with Crippen LogP contribution in [0.15, 0.2) is 11.3 Å². The van der Waals surface area contributed by atoms with Crippen LogP contribution in [-0.2, 0) is 9.59 Å². The van der Waals surface area contributed by atoms with E-state index in [1.165, 1.54) is 6.42 Å². The van der Waals surface area contributed by atoms with Gasteiger partial charge in [0.25, 0.3) is 0 Å². The summed E-state index contributed by atoms with van der Waals surface area (Å²) in [5, 5.41) is 8.77. The van der Waals surface area contributed by atoms with E-state index >= 15 is 0 Å². The molecule has 5 nitrogen and oxygen atoms in total. The normalized spacial score (nSPS) is 10.3. The van der Waals surface area contributed by atoms with Crippen LogP contribution in [0, 0.1) is 5.41 Å². The summed E-state index contributed by atoms with van der Waals surface area (Å²) in [4.78, 5) is 20.5. The highest BCUT2D eigenvalue weighted by atomic mass is 16.2. The van der Waals surface area contributed by atoms with Crippen LogP contribution >= 0.6 is 0 Å². The average molecular weight is 213 g/mol. The molecule has 0 aromatic heterocycles. The van der Waals surface area contributed by atoms with E-state index < -0.39 is 5.91 Å². The van der Waals surface area contributed by atoms with Gasteiger partial charge < -0.3 is 11.1 Å². The molecule has 0 spiro atoms. The lowest BCUT2D eigenvalue weighted by Crippen LogP contribution is -2.23. The predicted molar refractivity (Wildman–Crippen MR) is 60.5 cm³/mol. The van der Waals surface area contributed by atoms with Crippen molar-refractivity contribution < 1.29 is 9.59 Å². The maximum atomic E-state index is 10.7. The van der Waals surface area contributed by atoms with Crippen molar-refractivity contribution in [2.45, 2.75) is 33.6 Å². The van der Waals surface area contributed by atoms with Gasteiger partial charge in [-0.25, -0.2) is 0 Å². The molecule has 0 aliphatic carbocycles. The Hall–Kier alpha value is -1.65. The van der Waals surface area contributed by atoms with Crippen molar-refractivity contribution in [3.8, 4) is 0 Å². The zero-order valence-corrected chi connectivity index (χ0v) is 9.46. The third-order valence-electron chi connectivity index (χ3n) is 1.29. The lowest BCUT2D eigenvalue weighted by molar-refractivity contribution is -0.124. The van der Waals surface area contributed by atoms with Gasteiger partial charge in [-0.05, 0) is 12.5 Å². The third kappa shape index (κ3) is 10.3. The first-order chi connectivity index (χ1) is 7.03. The fraction of sp³-hybridized carbons (Fsp3) is 0.500. The fourth-order valence-electron chi connectivity index (χ4n) is 0.522. The van der Waals surface area contributed by atoms with Gasteiger partial charge in [0, 0.05) is 11.9 Å². The molecule has 5 heteroatoms. The van der Waals surface area contributed by atoms with Gasteiger partial charge in [0.15, 0.2) is 0 Å². The molecule has 0 saturated carbocycles. The third-order valence-corrected chi connectivity index (χ3v) is 1.29. The first-order valence-corrected chi connectivity index (χ1v) is 4.72. The number of carbonyl (C=O) groups is 2. The molecule has 15 heavy (non-hydrogen) atoms. The van der Waals surface area contributed by atoms with Gasteiger partial charge in [-0.15, -0.1) is 0 Å². The molecule has 86 valence electrons. The molecule has 0 aliphatic rings. The van der Waals surface area contributed by atoms with E-state index in [1.807, 2.05) is 5.32 Å². The Morgan fingerprint density at radius 2 is 1.93 bits per heavy atom. The molecule has 0 rings (SSSR count). The highest BCUT2D eigenvalue weighted by Crippen LogP contribution is 1.98. The van der Waals surface area contributed by atoms with Gasteiger partial charge in [-0.2, -0.15) is 0 Å². The van der Waals surface area contributed by atoms with Crippen LogP contribution in [-0.4, -0.2) is 18.5 Å². The summed E-state index contributed by atoms with van der Waals surface area (Å²) < 4.78 is 0. The Balaban J connectivity index is 0. The van der Waals surface area contributed by atoms with Crippen molar-refractivity contribution in [2.75, 3.05) is 0 Å². The Morgan fingerprint density at radius 3 is 2.27 bits per heavy atom. The van der Waals surface area contributed by atoms with Crippen LogP contribution in [0.2, 0.25) is 0 Å². The Labute approximate surface area is 90.2 Å². The molecular weight excluding hydrogens is 194 g/mol. The average Bonchev–Trinajstić information content (AvgIpc) is 2.18. The molecule has 0 unspecified atom stereocenters. The summed E-state index contributed by atoms with van der Waals surface area (Å²) >= 11 is 0. The molecule has 0 saturated heterocycles. The van der Waals surface area contributed by atoms with E-state index in [9.17, 15) is 9.59 Å². The molecule has 4 N–H and O–H groups in total. The van der Waals surface area contributed by atoms with Crippen molar-refractivity contribution in [2.24, 2.45) is 5.73 Å². The zero-order chi connectivity index (χ0) is 12.3. The van der Waals surface area contributed by atoms with Crippen molar-refractivity contribution in [1.29, 1.82) is 5.41 Å². The minimum absolute atomic E-state index is 0.0556. The van der Waals surface area contributed by atoms with Gasteiger partial charge in [0.2, 0.25) is 12.3 Å². The highest BCUT2D eigenvalue weighted by molar-refractivity contribution is 5.88. The second-order valence-corrected chi connectivity index (χ2v) is 2.92. The fourth-order valence-corrected chi connectivity index (χ4v) is 0.522. The smallest absolute Gasteiger partial charge is 0.232 e. The number of carbonyl (C=O) groups excluding carboxylic acids is 2. The van der Waals surface area contributed by atoms with Crippen LogP contribution in [0.1, 0.15) is 33.6 Å². The predicted octanol–water partition coefficient (Wildman–Crippen LogP) is 0.948. The van der Waals surface area contributed by atoms with Gasteiger partial charge in [0.05, 0.1) is 6.42 Å². The SMILES string of the molecule is C/C(C=N)=C(/N)CC(=O)NC=O.CCC. The summed E-state index contributed by atoms with van der Waals surface area (Å²) in [6.45, 7) is 5.87. The molecule has 0 radical (unpaired) electrons. The Kier molecular flexibility index (Phi) is 11.0. The molecule has 0 aromatic carbocycles. The Morgan fingerprint density at radius 1 is 1.47 bits per heavy atom. The lowest BCUT2D eigenvalue weighted by atomic mass is 10.2. The standard InChI is InChI=1S/C7H11N3O2.C3H8/c1-5(3-8)6(9)2-7(12)10-4-11;1-3-2/h3-4,8H,2,9H2,1H3,(H,10,11,12);3H2,1-2H3/b6-5-,8-3?;. The first-order valence-electron chi connectivity index (χ1n) is 4.72. The molecular formula is C10H19N3O2. The summed E-state index contributed by atoms with van der Waals surface area (Å²) in [6.07, 6.45) is 2.55. The van der Waals surface area contributed by atoms with E-state index in [0.717, 1.165) is 6.21 Å². The topological polar surface area (TPSA) is 96.0 Å². The van der Waals surface area contributed by atoms with Crippen LogP contribution in [0.3, 0.4) is 0 Å². The Bertz CT molecular complexity index is 247. The van der Waals surface area contributed by atoms with E-state index in [-0.39, 0.29) is 6.42 Å². The summed E-state index contributed by atoms with van der Waals surface area (Å²) in [5.74, 6) is -0.469. The van der Waals surface area contributed by atoms with Crippen LogP contribution < -0.4 is 11.1 Å². The van der Waals surface area contributed by atoms with E-state index in [1.54, 1.807) is 6.92 Å². The number of hydrogen-bond acceptors (Lipinski definition) is 4. The van der Waals surface area contributed by atoms with Crippen LogP contribution in [0.5, 0.6) is 0 Å². The second-order valence-electron chi connectivity index (χ2n) is 2.92. The van der Waals surface area contributed by atoms with Crippen LogP contribution in [0.4, 0.5) is 0 Å². The molecule has 0 aliphatic heterocycles. The number of nitrogens with two attached hydrogens (primary N) is 1.